The number of rotatable bonds is 3. The molecule has 2 amide bonds. The lowest BCUT2D eigenvalue weighted by Gasteiger charge is -2.51. The van der Waals surface area contributed by atoms with Crippen molar-refractivity contribution >= 4 is 11.8 Å². The number of piperidine rings is 3. The maximum absolute atomic E-state index is 13.5. The number of hydrogen-bond donors (Lipinski definition) is 1. The van der Waals surface area contributed by atoms with Crippen LogP contribution in [0.2, 0.25) is 0 Å². The lowest BCUT2D eigenvalue weighted by Crippen LogP contribution is -2.60. The number of amides is 2. The Morgan fingerprint density at radius 1 is 1.10 bits per heavy atom. The molecule has 0 aromatic heterocycles. The van der Waals surface area contributed by atoms with Crippen molar-refractivity contribution in [1.29, 1.82) is 0 Å². The van der Waals surface area contributed by atoms with Gasteiger partial charge < -0.3 is 14.9 Å². The minimum atomic E-state index is -0.599. The summed E-state index contributed by atoms with van der Waals surface area (Å²) in [5, 5.41) is 11.0. The standard InChI is InChI=1S/C23H33N3O3/c1-24-21(18-9-4-2-5-10-18)19(27)15-23(22(24)29)11-8-12-25(17-23)16-20(28)26-13-6-3-7-14-26/h2,4-5,9-10,19,21,27H,3,6-8,11-17H2,1H3/t19-,21+,23-/m1/s1. The average molecular weight is 400 g/mol. The smallest absolute Gasteiger partial charge is 0.236 e. The van der Waals surface area contributed by atoms with Crippen LogP contribution in [0.5, 0.6) is 0 Å². The molecule has 4 rings (SSSR count). The van der Waals surface area contributed by atoms with Gasteiger partial charge in [-0.25, -0.2) is 0 Å². The molecule has 3 saturated heterocycles. The molecule has 1 aromatic carbocycles. The van der Waals surface area contributed by atoms with E-state index in [1.54, 1.807) is 4.90 Å². The molecule has 0 radical (unpaired) electrons. The highest BCUT2D eigenvalue weighted by Crippen LogP contribution is 2.45. The predicted octanol–water partition coefficient (Wildman–Crippen LogP) is 2.05. The van der Waals surface area contributed by atoms with E-state index in [0.717, 1.165) is 50.9 Å². The molecule has 3 heterocycles. The van der Waals surface area contributed by atoms with Crippen molar-refractivity contribution in [2.45, 2.75) is 50.7 Å². The number of hydrogen-bond acceptors (Lipinski definition) is 4. The maximum Gasteiger partial charge on any atom is 0.236 e. The first kappa shape index (κ1) is 20.4. The molecule has 3 aliphatic rings. The first-order valence-electron chi connectivity index (χ1n) is 11.0. The summed E-state index contributed by atoms with van der Waals surface area (Å²) in [4.78, 5) is 32.0. The van der Waals surface area contributed by atoms with Crippen LogP contribution in [0.4, 0.5) is 0 Å². The fourth-order valence-electron chi connectivity index (χ4n) is 5.59. The molecular formula is C23H33N3O3. The van der Waals surface area contributed by atoms with Crippen LogP contribution in [0.1, 0.15) is 50.1 Å². The highest BCUT2D eigenvalue weighted by Gasteiger charge is 2.52. The minimum absolute atomic E-state index is 0.103. The number of carbonyl (C=O) groups excluding carboxylic acids is 2. The third-order valence-electron chi connectivity index (χ3n) is 7.02. The maximum atomic E-state index is 13.5. The normalized spacial score (nSPS) is 31.3. The Bertz CT molecular complexity index is 734. The van der Waals surface area contributed by atoms with Crippen molar-refractivity contribution in [2.75, 3.05) is 39.8 Å². The lowest BCUT2D eigenvalue weighted by molar-refractivity contribution is -0.163. The van der Waals surface area contributed by atoms with Gasteiger partial charge in [-0.3, -0.25) is 14.5 Å². The second kappa shape index (κ2) is 8.44. The van der Waals surface area contributed by atoms with Crippen LogP contribution in [0.15, 0.2) is 30.3 Å². The minimum Gasteiger partial charge on any atom is -0.391 e. The zero-order chi connectivity index (χ0) is 20.4. The molecule has 0 aliphatic carbocycles. The summed E-state index contributed by atoms with van der Waals surface area (Å²) in [7, 11) is 1.81. The Kier molecular flexibility index (Phi) is 5.93. The quantitative estimate of drug-likeness (QED) is 0.845. The molecule has 6 nitrogen and oxygen atoms in total. The van der Waals surface area contributed by atoms with Gasteiger partial charge in [0.2, 0.25) is 11.8 Å². The van der Waals surface area contributed by atoms with Crippen LogP contribution >= 0.6 is 0 Å². The first-order valence-corrected chi connectivity index (χ1v) is 11.0. The van der Waals surface area contributed by atoms with E-state index >= 15 is 0 Å². The lowest BCUT2D eigenvalue weighted by atomic mass is 9.69. The third-order valence-corrected chi connectivity index (χ3v) is 7.02. The van der Waals surface area contributed by atoms with Crippen LogP contribution in [0, 0.1) is 5.41 Å². The molecule has 3 aliphatic heterocycles. The van der Waals surface area contributed by atoms with Crippen molar-refractivity contribution in [3.05, 3.63) is 35.9 Å². The number of nitrogens with zero attached hydrogens (tertiary/aromatic N) is 3. The van der Waals surface area contributed by atoms with Gasteiger partial charge in [0.1, 0.15) is 0 Å². The zero-order valence-corrected chi connectivity index (χ0v) is 17.4. The van der Waals surface area contributed by atoms with Gasteiger partial charge in [-0.1, -0.05) is 30.3 Å². The van der Waals surface area contributed by atoms with Crippen LogP contribution < -0.4 is 0 Å². The van der Waals surface area contributed by atoms with Gasteiger partial charge in [0.25, 0.3) is 0 Å². The topological polar surface area (TPSA) is 64.1 Å². The number of likely N-dealkylation sites (N-methyl/N-ethyl adjacent to an activating group) is 1. The highest BCUT2D eigenvalue weighted by atomic mass is 16.3. The molecule has 29 heavy (non-hydrogen) atoms. The Morgan fingerprint density at radius 3 is 2.55 bits per heavy atom. The molecule has 0 saturated carbocycles. The molecule has 0 unspecified atom stereocenters. The van der Waals surface area contributed by atoms with E-state index in [1.807, 2.05) is 42.3 Å². The van der Waals surface area contributed by atoms with Crippen molar-refractivity contribution < 1.29 is 14.7 Å². The van der Waals surface area contributed by atoms with Crippen molar-refractivity contribution in [3.63, 3.8) is 0 Å². The summed E-state index contributed by atoms with van der Waals surface area (Å²) < 4.78 is 0. The average Bonchev–Trinajstić information content (AvgIpc) is 2.74. The first-order chi connectivity index (χ1) is 14.0. The number of carbonyl (C=O) groups is 2. The summed E-state index contributed by atoms with van der Waals surface area (Å²) >= 11 is 0. The van der Waals surface area contributed by atoms with Crippen molar-refractivity contribution in [3.8, 4) is 0 Å². The van der Waals surface area contributed by atoms with E-state index in [4.69, 9.17) is 0 Å². The van der Waals surface area contributed by atoms with Gasteiger partial charge in [-0.2, -0.15) is 0 Å². The van der Waals surface area contributed by atoms with Crippen LogP contribution in [0.25, 0.3) is 0 Å². The molecule has 6 heteroatoms. The molecule has 1 spiro atoms. The summed E-state index contributed by atoms with van der Waals surface area (Å²) in [6, 6.07) is 9.47. The molecule has 0 bridgehead atoms. The van der Waals surface area contributed by atoms with E-state index in [9.17, 15) is 14.7 Å². The molecule has 1 aromatic rings. The molecule has 3 fully saturated rings. The third kappa shape index (κ3) is 4.05. The summed E-state index contributed by atoms with van der Waals surface area (Å²) in [6.07, 6.45) is 4.91. The van der Waals surface area contributed by atoms with Crippen LogP contribution in [0.3, 0.4) is 0 Å². The van der Waals surface area contributed by atoms with Gasteiger partial charge in [0.05, 0.1) is 24.1 Å². The zero-order valence-electron chi connectivity index (χ0n) is 17.4. The van der Waals surface area contributed by atoms with Gasteiger partial charge in [0, 0.05) is 26.7 Å². The van der Waals surface area contributed by atoms with Gasteiger partial charge in [-0.15, -0.1) is 0 Å². The van der Waals surface area contributed by atoms with Crippen LogP contribution in [-0.2, 0) is 9.59 Å². The van der Waals surface area contributed by atoms with E-state index in [0.29, 0.717) is 19.5 Å². The Balaban J connectivity index is 1.46. The SMILES string of the molecule is CN1C(=O)[C@]2(CCCN(CC(=O)N3CCCCC3)C2)C[C@@H](O)[C@@H]1c1ccccc1. The van der Waals surface area contributed by atoms with E-state index in [2.05, 4.69) is 4.90 Å². The monoisotopic (exact) mass is 399 g/mol. The molecular weight excluding hydrogens is 366 g/mol. The summed E-state index contributed by atoms with van der Waals surface area (Å²) in [5.41, 5.74) is 0.388. The second-order valence-electron chi connectivity index (χ2n) is 9.08. The highest BCUT2D eigenvalue weighted by molar-refractivity contribution is 5.85. The summed E-state index contributed by atoms with van der Waals surface area (Å²) in [6.45, 7) is 3.51. The number of aliphatic hydroxyl groups excluding tert-OH is 1. The Labute approximate surface area is 173 Å². The van der Waals surface area contributed by atoms with Crippen molar-refractivity contribution in [1.82, 2.24) is 14.7 Å². The van der Waals surface area contributed by atoms with E-state index in [-0.39, 0.29) is 17.9 Å². The van der Waals surface area contributed by atoms with Gasteiger partial charge in [-0.05, 0) is 50.6 Å². The largest absolute Gasteiger partial charge is 0.391 e. The Hall–Kier alpha value is -1.92. The van der Waals surface area contributed by atoms with Gasteiger partial charge in [0.15, 0.2) is 0 Å². The van der Waals surface area contributed by atoms with E-state index < -0.39 is 11.5 Å². The van der Waals surface area contributed by atoms with Gasteiger partial charge >= 0.3 is 0 Å². The second-order valence-corrected chi connectivity index (χ2v) is 9.08. The van der Waals surface area contributed by atoms with E-state index in [1.165, 1.54) is 6.42 Å². The Morgan fingerprint density at radius 2 is 1.83 bits per heavy atom. The fourth-order valence-corrected chi connectivity index (χ4v) is 5.59. The van der Waals surface area contributed by atoms with Crippen LogP contribution in [-0.4, -0.2) is 77.5 Å². The molecule has 3 atom stereocenters. The number of benzene rings is 1. The number of aliphatic hydroxyl groups is 1. The fraction of sp³-hybridized carbons (Fsp3) is 0.652. The number of likely N-dealkylation sites (tertiary alicyclic amines) is 3. The molecule has 158 valence electrons. The predicted molar refractivity (Wildman–Crippen MR) is 111 cm³/mol. The van der Waals surface area contributed by atoms with Crippen molar-refractivity contribution in [2.24, 2.45) is 5.41 Å². The molecule has 1 N–H and O–H groups in total. The summed E-state index contributed by atoms with van der Waals surface area (Å²) in [5.74, 6) is 0.285.